The summed E-state index contributed by atoms with van der Waals surface area (Å²) in [4.78, 5) is 8.23. The van der Waals surface area contributed by atoms with Gasteiger partial charge in [0.05, 0.1) is 0 Å². The van der Waals surface area contributed by atoms with Gasteiger partial charge in [-0.15, -0.1) is 0 Å². The molecule has 2 aromatic heterocycles. The second-order valence-corrected chi connectivity index (χ2v) is 3.82. The molecule has 0 aliphatic carbocycles. The standard InChI is InChI=1S/C12H11N5O2/c1-18-9(8-5-3-2-4-6-8)12-15-11(17-19-12)10-13-7-14-16-10/h2-7,9H,1H3,(H,13,14,16). The molecule has 1 aromatic carbocycles. The van der Waals surface area contributed by atoms with E-state index in [-0.39, 0.29) is 0 Å². The molecular weight excluding hydrogens is 246 g/mol. The first-order chi connectivity index (χ1) is 9.38. The van der Waals surface area contributed by atoms with Gasteiger partial charge >= 0.3 is 0 Å². The van der Waals surface area contributed by atoms with Gasteiger partial charge in [-0.3, -0.25) is 5.10 Å². The van der Waals surface area contributed by atoms with Gasteiger partial charge in [0.25, 0.3) is 5.89 Å². The molecule has 1 atom stereocenters. The molecule has 0 saturated heterocycles. The lowest BCUT2D eigenvalue weighted by Crippen LogP contribution is -2.03. The third-order valence-electron chi connectivity index (χ3n) is 2.63. The maximum Gasteiger partial charge on any atom is 0.260 e. The lowest BCUT2D eigenvalue weighted by molar-refractivity contribution is 0.105. The number of methoxy groups -OCH3 is 1. The Bertz CT molecular complexity index is 635. The van der Waals surface area contributed by atoms with E-state index in [1.165, 1.54) is 6.33 Å². The molecule has 0 fully saturated rings. The predicted molar refractivity (Wildman–Crippen MR) is 65.0 cm³/mol. The lowest BCUT2D eigenvalue weighted by Gasteiger charge is -2.10. The molecule has 0 radical (unpaired) electrons. The molecule has 19 heavy (non-hydrogen) atoms. The van der Waals surface area contributed by atoms with Crippen molar-refractivity contribution < 1.29 is 9.26 Å². The van der Waals surface area contributed by atoms with Gasteiger partial charge in [0.15, 0.2) is 11.9 Å². The summed E-state index contributed by atoms with van der Waals surface area (Å²) in [5.74, 6) is 1.18. The molecule has 7 nitrogen and oxygen atoms in total. The fraction of sp³-hybridized carbons (Fsp3) is 0.167. The van der Waals surface area contributed by atoms with Crippen molar-refractivity contribution in [2.75, 3.05) is 7.11 Å². The van der Waals surface area contributed by atoms with Crippen LogP contribution in [0.2, 0.25) is 0 Å². The normalized spacial score (nSPS) is 12.5. The predicted octanol–water partition coefficient (Wildman–Crippen LogP) is 1.59. The Labute approximate surface area is 108 Å². The van der Waals surface area contributed by atoms with Gasteiger partial charge in [0, 0.05) is 7.11 Å². The summed E-state index contributed by atoms with van der Waals surface area (Å²) in [6.45, 7) is 0. The molecule has 0 saturated carbocycles. The number of aromatic nitrogens is 5. The highest BCUT2D eigenvalue weighted by molar-refractivity contribution is 5.40. The van der Waals surface area contributed by atoms with E-state index in [9.17, 15) is 0 Å². The number of rotatable bonds is 4. The number of nitrogens with zero attached hydrogens (tertiary/aromatic N) is 4. The van der Waals surface area contributed by atoms with Crippen molar-refractivity contribution in [3.05, 3.63) is 48.1 Å². The van der Waals surface area contributed by atoms with Gasteiger partial charge in [-0.2, -0.15) is 10.1 Å². The van der Waals surface area contributed by atoms with Crippen LogP contribution in [0.4, 0.5) is 0 Å². The van der Waals surface area contributed by atoms with E-state index < -0.39 is 6.10 Å². The van der Waals surface area contributed by atoms with Gasteiger partial charge in [0.2, 0.25) is 5.82 Å². The summed E-state index contributed by atoms with van der Waals surface area (Å²) >= 11 is 0. The second-order valence-electron chi connectivity index (χ2n) is 3.82. The van der Waals surface area contributed by atoms with E-state index in [1.807, 2.05) is 30.3 Å². The zero-order valence-corrected chi connectivity index (χ0v) is 10.1. The monoisotopic (exact) mass is 257 g/mol. The SMILES string of the molecule is COC(c1ccccc1)c1nc(-c2ncn[nH]2)no1. The maximum atomic E-state index is 5.41. The molecule has 3 rings (SSSR count). The number of H-pyrrole nitrogens is 1. The molecule has 0 spiro atoms. The van der Waals surface area contributed by atoms with Crippen molar-refractivity contribution in [2.45, 2.75) is 6.10 Å². The minimum atomic E-state index is -0.398. The van der Waals surface area contributed by atoms with Crippen LogP contribution < -0.4 is 0 Å². The summed E-state index contributed by atoms with van der Waals surface area (Å²) in [6, 6.07) is 9.66. The van der Waals surface area contributed by atoms with Crippen LogP contribution in [0, 0.1) is 0 Å². The molecule has 0 aliphatic heterocycles. The fourth-order valence-electron chi connectivity index (χ4n) is 1.76. The Hall–Kier alpha value is -2.54. The topological polar surface area (TPSA) is 89.7 Å². The van der Waals surface area contributed by atoms with Crippen LogP contribution >= 0.6 is 0 Å². The summed E-state index contributed by atoms with van der Waals surface area (Å²) in [6.07, 6.45) is 0.987. The van der Waals surface area contributed by atoms with E-state index in [0.29, 0.717) is 17.5 Å². The molecule has 96 valence electrons. The highest BCUT2D eigenvalue weighted by atomic mass is 16.5. The molecule has 1 unspecified atom stereocenters. The number of benzene rings is 1. The first-order valence-electron chi connectivity index (χ1n) is 5.65. The molecule has 7 heteroatoms. The van der Waals surface area contributed by atoms with Crippen LogP contribution in [-0.4, -0.2) is 32.4 Å². The number of nitrogens with one attached hydrogen (secondary N) is 1. The highest BCUT2D eigenvalue weighted by Crippen LogP contribution is 2.24. The van der Waals surface area contributed by atoms with E-state index in [2.05, 4.69) is 25.3 Å². The molecule has 0 bridgehead atoms. The van der Waals surface area contributed by atoms with Crippen molar-refractivity contribution in [1.29, 1.82) is 0 Å². The van der Waals surface area contributed by atoms with Crippen molar-refractivity contribution in [3.63, 3.8) is 0 Å². The Kier molecular flexibility index (Phi) is 3.03. The number of hydrogen-bond acceptors (Lipinski definition) is 6. The molecule has 0 amide bonds. The molecular formula is C12H11N5O2. The van der Waals surface area contributed by atoms with Crippen LogP contribution in [0.15, 0.2) is 41.2 Å². The van der Waals surface area contributed by atoms with E-state index in [0.717, 1.165) is 5.56 Å². The van der Waals surface area contributed by atoms with E-state index >= 15 is 0 Å². The number of hydrogen-bond donors (Lipinski definition) is 1. The molecule has 1 N–H and O–H groups in total. The quantitative estimate of drug-likeness (QED) is 0.763. The Morgan fingerprint density at radius 3 is 2.79 bits per heavy atom. The van der Waals surface area contributed by atoms with Crippen LogP contribution in [0.25, 0.3) is 11.6 Å². The van der Waals surface area contributed by atoms with Crippen molar-refractivity contribution in [3.8, 4) is 11.6 Å². The summed E-state index contributed by atoms with van der Waals surface area (Å²) < 4.78 is 10.6. The summed E-state index contributed by atoms with van der Waals surface area (Å²) in [5.41, 5.74) is 0.942. The Balaban J connectivity index is 1.93. The van der Waals surface area contributed by atoms with Gasteiger partial charge in [-0.05, 0) is 5.56 Å². The maximum absolute atomic E-state index is 5.41. The van der Waals surface area contributed by atoms with Crippen molar-refractivity contribution >= 4 is 0 Å². The van der Waals surface area contributed by atoms with Crippen LogP contribution in [0.1, 0.15) is 17.6 Å². The molecule has 3 aromatic rings. The Morgan fingerprint density at radius 2 is 2.11 bits per heavy atom. The number of aromatic amines is 1. The van der Waals surface area contributed by atoms with Crippen molar-refractivity contribution in [2.24, 2.45) is 0 Å². The summed E-state index contributed by atoms with van der Waals surface area (Å²) in [5, 5.41) is 10.3. The third kappa shape index (κ3) is 2.23. The Morgan fingerprint density at radius 1 is 1.26 bits per heavy atom. The highest BCUT2D eigenvalue weighted by Gasteiger charge is 2.21. The third-order valence-corrected chi connectivity index (χ3v) is 2.63. The van der Waals surface area contributed by atoms with Gasteiger partial charge in [0.1, 0.15) is 6.33 Å². The van der Waals surface area contributed by atoms with Crippen LogP contribution in [0.3, 0.4) is 0 Å². The first-order valence-corrected chi connectivity index (χ1v) is 5.65. The van der Waals surface area contributed by atoms with Crippen LogP contribution in [0.5, 0.6) is 0 Å². The average molecular weight is 257 g/mol. The molecule has 0 aliphatic rings. The minimum absolute atomic E-state index is 0.352. The molecule has 2 heterocycles. The largest absolute Gasteiger partial charge is 0.367 e. The van der Waals surface area contributed by atoms with E-state index in [1.54, 1.807) is 7.11 Å². The van der Waals surface area contributed by atoms with Crippen molar-refractivity contribution in [1.82, 2.24) is 25.3 Å². The zero-order chi connectivity index (χ0) is 13.1. The number of ether oxygens (including phenoxy) is 1. The summed E-state index contributed by atoms with van der Waals surface area (Å²) in [7, 11) is 1.59. The fourth-order valence-corrected chi connectivity index (χ4v) is 1.76. The van der Waals surface area contributed by atoms with Gasteiger partial charge < -0.3 is 9.26 Å². The minimum Gasteiger partial charge on any atom is -0.367 e. The van der Waals surface area contributed by atoms with E-state index in [4.69, 9.17) is 9.26 Å². The van der Waals surface area contributed by atoms with Gasteiger partial charge in [-0.25, -0.2) is 4.98 Å². The average Bonchev–Trinajstić information content (AvgIpc) is 3.11. The smallest absolute Gasteiger partial charge is 0.260 e. The zero-order valence-electron chi connectivity index (χ0n) is 10.1. The lowest BCUT2D eigenvalue weighted by atomic mass is 10.1. The van der Waals surface area contributed by atoms with Gasteiger partial charge in [-0.1, -0.05) is 35.5 Å². The first kappa shape index (κ1) is 11.5. The second kappa shape index (κ2) is 4.99. The van der Waals surface area contributed by atoms with Crippen LogP contribution in [-0.2, 0) is 4.74 Å².